The number of carbonyl (C=O) groups is 4. The summed E-state index contributed by atoms with van der Waals surface area (Å²) in [4.78, 5) is 67.8. The van der Waals surface area contributed by atoms with Crippen molar-refractivity contribution in [2.45, 2.75) is 73.6 Å². The first kappa shape index (κ1) is 33.7. The summed E-state index contributed by atoms with van der Waals surface area (Å²) >= 11 is 0. The maximum absolute atomic E-state index is 13.4. The van der Waals surface area contributed by atoms with Gasteiger partial charge in [0.15, 0.2) is 5.78 Å². The zero-order valence-corrected chi connectivity index (χ0v) is 29.2. The topological polar surface area (TPSA) is 134 Å². The lowest BCUT2D eigenvalue weighted by molar-refractivity contribution is -0.141. The second kappa shape index (κ2) is 13.4. The largest absolute Gasteiger partial charge is 0.469 e. The Kier molecular flexibility index (Phi) is 9.20. The van der Waals surface area contributed by atoms with Gasteiger partial charge in [0.05, 0.1) is 29.9 Å². The summed E-state index contributed by atoms with van der Waals surface area (Å²) < 4.78 is 4.83. The van der Waals surface area contributed by atoms with Crippen LogP contribution in [-0.4, -0.2) is 51.9 Å². The van der Waals surface area contributed by atoms with E-state index in [1.807, 2.05) is 57.2 Å². The predicted molar refractivity (Wildman–Crippen MR) is 190 cm³/mol. The fraction of sp³-hybridized carbons (Fsp3) is 0.350. The average Bonchev–Trinajstić information content (AvgIpc) is 3.85. The molecule has 2 atom stereocenters. The fourth-order valence-electron chi connectivity index (χ4n) is 7.46. The predicted octanol–water partition coefficient (Wildman–Crippen LogP) is 5.11. The van der Waals surface area contributed by atoms with Gasteiger partial charge in [-0.3, -0.25) is 19.2 Å². The van der Waals surface area contributed by atoms with Crippen LogP contribution in [0.3, 0.4) is 0 Å². The van der Waals surface area contributed by atoms with Gasteiger partial charge in [-0.15, -0.1) is 0 Å². The first-order chi connectivity index (χ1) is 23.5. The van der Waals surface area contributed by atoms with Crippen molar-refractivity contribution in [1.82, 2.24) is 9.97 Å². The van der Waals surface area contributed by atoms with Gasteiger partial charge in [0.25, 0.3) is 0 Å². The zero-order chi connectivity index (χ0) is 35.1. The van der Waals surface area contributed by atoms with E-state index in [0.29, 0.717) is 45.9 Å². The summed E-state index contributed by atoms with van der Waals surface area (Å²) in [5.41, 5.74) is 10.3. The van der Waals surface area contributed by atoms with Crippen molar-refractivity contribution in [2.75, 3.05) is 7.11 Å². The van der Waals surface area contributed by atoms with Crippen molar-refractivity contribution in [3.8, 4) is 0 Å². The highest BCUT2D eigenvalue weighted by Gasteiger charge is 2.43. The zero-order valence-electron chi connectivity index (χ0n) is 29.2. The maximum atomic E-state index is 13.4. The Balaban J connectivity index is 1.41. The normalized spacial score (nSPS) is 19.7. The van der Waals surface area contributed by atoms with E-state index >= 15 is 0 Å². The van der Waals surface area contributed by atoms with E-state index in [1.165, 1.54) is 7.11 Å². The number of aromatic amines is 2. The van der Waals surface area contributed by atoms with Gasteiger partial charge < -0.3 is 14.7 Å². The van der Waals surface area contributed by atoms with Crippen LogP contribution in [0.4, 0.5) is 0 Å². The van der Waals surface area contributed by atoms with Crippen molar-refractivity contribution in [2.24, 2.45) is 21.8 Å². The first-order valence-electron chi connectivity index (χ1n) is 17.0. The number of fused-ring (bicyclic) bond motifs is 1. The Morgan fingerprint density at radius 2 is 1.65 bits per heavy atom. The molecule has 0 fully saturated rings. The molecule has 1 aliphatic carbocycles. The summed E-state index contributed by atoms with van der Waals surface area (Å²) in [5, 5.41) is 1.83. The Bertz CT molecular complexity index is 2170. The van der Waals surface area contributed by atoms with Gasteiger partial charge in [0.2, 0.25) is 11.7 Å². The van der Waals surface area contributed by atoms with Crippen LogP contribution in [-0.2, 0) is 32.0 Å². The molecule has 9 nitrogen and oxygen atoms in total. The van der Waals surface area contributed by atoms with E-state index in [9.17, 15) is 19.2 Å². The maximum Gasteiger partial charge on any atom is 0.305 e. The standard InChI is InChI=1S/C40H42N4O5/c1-8-25-20(3)29(18-32-26(9-2)21(4)36(43-32)39(47)24-13-11-10-12-14-24)41-31(25)19-30-23(6)35-33(45)17-28(38(35)42-30)37-27(15-16-34(46)49-7)22(5)40(48)44-37/h10-14,18-19,22,27,41,43H,8-9,15-17H2,1-7H3/b29-18-,31-19-/t22-,27-/m0/s1. The van der Waals surface area contributed by atoms with E-state index in [2.05, 4.69) is 41.8 Å². The van der Waals surface area contributed by atoms with Crippen LogP contribution >= 0.6 is 0 Å². The van der Waals surface area contributed by atoms with E-state index in [4.69, 9.17) is 9.73 Å². The summed E-state index contributed by atoms with van der Waals surface area (Å²) in [7, 11) is 1.34. The van der Waals surface area contributed by atoms with E-state index < -0.39 is 0 Å². The molecule has 0 spiro atoms. The molecule has 0 unspecified atom stereocenters. The van der Waals surface area contributed by atoms with Crippen molar-refractivity contribution >= 4 is 47.0 Å². The molecule has 0 saturated carbocycles. The highest BCUT2D eigenvalue weighted by Crippen LogP contribution is 2.42. The van der Waals surface area contributed by atoms with Crippen LogP contribution in [0, 0.1) is 25.7 Å². The molecule has 2 aromatic heterocycles. The third-order valence-electron chi connectivity index (χ3n) is 10.3. The molecule has 1 aromatic carbocycles. The van der Waals surface area contributed by atoms with Gasteiger partial charge in [-0.1, -0.05) is 51.1 Å². The molecule has 1 amide bonds. The number of hydrogen-bond acceptors (Lipinski definition) is 6. The Morgan fingerprint density at radius 3 is 2.33 bits per heavy atom. The third-order valence-corrected chi connectivity index (χ3v) is 10.3. The molecule has 9 heteroatoms. The van der Waals surface area contributed by atoms with E-state index in [0.717, 1.165) is 57.1 Å². The van der Waals surface area contributed by atoms with Gasteiger partial charge in [-0.05, 0) is 80.0 Å². The van der Waals surface area contributed by atoms with Crippen molar-refractivity contribution in [3.05, 3.63) is 103 Å². The lowest BCUT2D eigenvalue weighted by Crippen LogP contribution is -2.21. The number of H-pyrrole nitrogens is 2. The van der Waals surface area contributed by atoms with E-state index in [-0.39, 0.29) is 48.1 Å². The van der Waals surface area contributed by atoms with Crippen molar-refractivity contribution in [1.29, 1.82) is 0 Å². The molecular formula is C40H42N4O5. The SMILES string of the molecule is CCc1c(/C=c2\[nH]/c(=C\C3=NC4=C(C5=NC(=O)[C@@H](C)[C@@H]5CCC(=O)OC)CC(=O)C4=C3C)c(CC)c2C)[nH]c(C(=O)c2ccccc2)c1C. The number of aromatic nitrogens is 2. The lowest BCUT2D eigenvalue weighted by atomic mass is 9.84. The Labute approximate surface area is 285 Å². The second-order valence-electron chi connectivity index (χ2n) is 13.0. The van der Waals surface area contributed by atoms with Gasteiger partial charge in [0.1, 0.15) is 0 Å². The van der Waals surface area contributed by atoms with Gasteiger partial charge in [-0.2, -0.15) is 0 Å². The number of Topliss-reactive ketones (excluding diaryl/α,β-unsaturated/α-hetero) is 1. The second-order valence-corrected chi connectivity index (χ2v) is 13.0. The van der Waals surface area contributed by atoms with Crippen LogP contribution < -0.4 is 10.7 Å². The molecule has 3 aliphatic rings. The number of carbonyl (C=O) groups excluding carboxylic acids is 4. The van der Waals surface area contributed by atoms with Crippen LogP contribution in [0.5, 0.6) is 0 Å². The number of benzene rings is 1. The highest BCUT2D eigenvalue weighted by molar-refractivity contribution is 6.31. The lowest BCUT2D eigenvalue weighted by Gasteiger charge is -2.17. The van der Waals surface area contributed by atoms with Gasteiger partial charge >= 0.3 is 5.97 Å². The number of rotatable bonds is 10. The van der Waals surface area contributed by atoms with Crippen LogP contribution in [0.1, 0.15) is 91.0 Å². The molecule has 2 aliphatic heterocycles. The minimum absolute atomic E-state index is 0.0346. The number of allylic oxidation sites excluding steroid dienone is 3. The summed E-state index contributed by atoms with van der Waals surface area (Å²) in [6.07, 6.45) is 6.32. The van der Waals surface area contributed by atoms with Crippen LogP contribution in [0.2, 0.25) is 0 Å². The monoisotopic (exact) mass is 658 g/mol. The smallest absolute Gasteiger partial charge is 0.305 e. The average molecular weight is 659 g/mol. The highest BCUT2D eigenvalue weighted by atomic mass is 16.5. The number of methoxy groups -OCH3 is 1. The summed E-state index contributed by atoms with van der Waals surface area (Å²) in [5.74, 6) is -1.34. The summed E-state index contributed by atoms with van der Waals surface area (Å²) in [6, 6.07) is 9.30. The Hall–Kier alpha value is -5.18. The molecule has 3 aromatic rings. The number of amides is 1. The quantitative estimate of drug-likeness (QED) is 0.231. The molecular weight excluding hydrogens is 616 g/mol. The molecule has 49 heavy (non-hydrogen) atoms. The minimum atomic E-state index is -0.388. The molecule has 4 heterocycles. The number of nitrogens with zero attached hydrogens (tertiary/aromatic N) is 2. The van der Waals surface area contributed by atoms with Crippen LogP contribution in [0.25, 0.3) is 12.2 Å². The first-order valence-corrected chi connectivity index (χ1v) is 17.0. The molecule has 6 rings (SSSR count). The Morgan fingerprint density at radius 1 is 0.939 bits per heavy atom. The van der Waals surface area contributed by atoms with Gasteiger partial charge in [0, 0.05) is 57.8 Å². The molecule has 252 valence electrons. The number of ketones is 2. The molecule has 0 bridgehead atoms. The van der Waals surface area contributed by atoms with Crippen molar-refractivity contribution < 1.29 is 23.9 Å². The van der Waals surface area contributed by atoms with Gasteiger partial charge in [-0.25, -0.2) is 9.98 Å². The molecule has 0 radical (unpaired) electrons. The number of ether oxygens (including phenoxy) is 1. The summed E-state index contributed by atoms with van der Waals surface area (Å²) in [6.45, 7) is 12.0. The minimum Gasteiger partial charge on any atom is -0.469 e. The van der Waals surface area contributed by atoms with Crippen LogP contribution in [0.15, 0.2) is 62.7 Å². The van der Waals surface area contributed by atoms with Crippen molar-refractivity contribution in [3.63, 3.8) is 0 Å². The number of hydrogen-bond donors (Lipinski definition) is 2. The fourth-order valence-corrected chi connectivity index (χ4v) is 7.46. The molecule has 0 saturated heterocycles. The third kappa shape index (κ3) is 5.92. The molecule has 2 N–H and O–H groups in total. The van der Waals surface area contributed by atoms with E-state index in [1.54, 1.807) is 0 Å². The number of aliphatic imine (C=N–C) groups is 2. The number of nitrogens with one attached hydrogen (secondary N) is 2. The number of esters is 1.